The van der Waals surface area contributed by atoms with Crippen molar-refractivity contribution in [3.05, 3.63) is 0 Å². The maximum absolute atomic E-state index is 5.31. The Morgan fingerprint density at radius 2 is 2.30 bits per heavy atom. The molecule has 2 fully saturated rings. The van der Waals surface area contributed by atoms with Gasteiger partial charge in [0.05, 0.1) is 19.3 Å². The first-order valence-corrected chi connectivity index (χ1v) is 3.75. The largest absolute Gasteiger partial charge is 0.373 e. The van der Waals surface area contributed by atoms with Gasteiger partial charge < -0.3 is 14.2 Å². The molecule has 0 aromatic carbocycles. The highest BCUT2D eigenvalue weighted by molar-refractivity contribution is 4.72. The third-order valence-corrected chi connectivity index (χ3v) is 1.78. The highest BCUT2D eigenvalue weighted by Gasteiger charge is 2.35. The Labute approximate surface area is 60.3 Å². The Hall–Kier alpha value is -0.120. The lowest BCUT2D eigenvalue weighted by Crippen LogP contribution is -2.02. The van der Waals surface area contributed by atoms with Crippen molar-refractivity contribution in [3.63, 3.8) is 0 Å². The first-order valence-electron chi connectivity index (χ1n) is 3.75. The Bertz CT molecular complexity index is 122. The van der Waals surface area contributed by atoms with Gasteiger partial charge in [-0.05, 0) is 13.3 Å². The van der Waals surface area contributed by atoms with Crippen molar-refractivity contribution in [2.24, 2.45) is 0 Å². The second kappa shape index (κ2) is 2.49. The molecule has 3 atom stereocenters. The maximum Gasteiger partial charge on any atom is 0.184 e. The minimum absolute atomic E-state index is 0.0822. The van der Waals surface area contributed by atoms with Crippen LogP contribution in [-0.4, -0.2) is 31.7 Å². The molecule has 0 spiro atoms. The SMILES string of the molecule is CC1OC1OCCC1CO1. The van der Waals surface area contributed by atoms with Gasteiger partial charge in [0.25, 0.3) is 0 Å². The van der Waals surface area contributed by atoms with E-state index < -0.39 is 0 Å². The van der Waals surface area contributed by atoms with Crippen molar-refractivity contribution in [2.45, 2.75) is 31.8 Å². The Balaban J connectivity index is 1.48. The number of epoxide rings is 2. The monoisotopic (exact) mass is 144 g/mol. The van der Waals surface area contributed by atoms with Crippen LogP contribution in [-0.2, 0) is 14.2 Å². The van der Waals surface area contributed by atoms with E-state index in [0.29, 0.717) is 12.2 Å². The Morgan fingerprint density at radius 1 is 1.60 bits per heavy atom. The van der Waals surface area contributed by atoms with E-state index >= 15 is 0 Å². The van der Waals surface area contributed by atoms with Crippen molar-refractivity contribution in [3.8, 4) is 0 Å². The summed E-state index contributed by atoms with van der Waals surface area (Å²) >= 11 is 0. The van der Waals surface area contributed by atoms with E-state index in [2.05, 4.69) is 0 Å². The lowest BCUT2D eigenvalue weighted by molar-refractivity contribution is 0.0459. The van der Waals surface area contributed by atoms with Gasteiger partial charge in [-0.2, -0.15) is 0 Å². The summed E-state index contributed by atoms with van der Waals surface area (Å²) in [7, 11) is 0. The fourth-order valence-electron chi connectivity index (χ4n) is 0.891. The zero-order valence-electron chi connectivity index (χ0n) is 6.08. The van der Waals surface area contributed by atoms with Crippen LogP contribution in [0.25, 0.3) is 0 Å². The molecule has 0 saturated carbocycles. The van der Waals surface area contributed by atoms with Crippen molar-refractivity contribution < 1.29 is 14.2 Å². The number of rotatable bonds is 4. The predicted octanol–water partition coefficient (Wildman–Crippen LogP) is 0.537. The quantitative estimate of drug-likeness (QED) is 0.540. The van der Waals surface area contributed by atoms with Gasteiger partial charge in [-0.15, -0.1) is 0 Å². The fourth-order valence-corrected chi connectivity index (χ4v) is 0.891. The van der Waals surface area contributed by atoms with E-state index in [-0.39, 0.29) is 6.29 Å². The molecule has 0 aromatic heterocycles. The Kier molecular flexibility index (Phi) is 1.64. The molecule has 3 heteroatoms. The van der Waals surface area contributed by atoms with E-state index in [1.807, 2.05) is 6.92 Å². The van der Waals surface area contributed by atoms with Crippen molar-refractivity contribution in [1.82, 2.24) is 0 Å². The van der Waals surface area contributed by atoms with Gasteiger partial charge in [0.1, 0.15) is 6.10 Å². The van der Waals surface area contributed by atoms with Crippen LogP contribution in [0.15, 0.2) is 0 Å². The van der Waals surface area contributed by atoms with E-state index in [1.165, 1.54) is 0 Å². The van der Waals surface area contributed by atoms with Gasteiger partial charge in [0.15, 0.2) is 6.29 Å². The molecule has 0 radical (unpaired) electrons. The van der Waals surface area contributed by atoms with Crippen LogP contribution in [0.4, 0.5) is 0 Å². The first-order chi connectivity index (χ1) is 4.86. The van der Waals surface area contributed by atoms with Gasteiger partial charge in [-0.25, -0.2) is 0 Å². The highest BCUT2D eigenvalue weighted by atomic mass is 16.8. The topological polar surface area (TPSA) is 34.3 Å². The molecule has 58 valence electrons. The van der Waals surface area contributed by atoms with Crippen LogP contribution < -0.4 is 0 Å². The lowest BCUT2D eigenvalue weighted by Gasteiger charge is -1.95. The normalized spacial score (nSPS) is 43.5. The molecule has 0 aromatic rings. The maximum atomic E-state index is 5.31. The van der Waals surface area contributed by atoms with Gasteiger partial charge in [0, 0.05) is 0 Å². The van der Waals surface area contributed by atoms with Crippen LogP contribution >= 0.6 is 0 Å². The molecule has 2 aliphatic heterocycles. The average Bonchev–Trinajstić information content (AvgIpc) is 2.73. The van der Waals surface area contributed by atoms with Crippen LogP contribution in [0.2, 0.25) is 0 Å². The minimum Gasteiger partial charge on any atom is -0.373 e. The molecule has 3 nitrogen and oxygen atoms in total. The molecule has 0 N–H and O–H groups in total. The predicted molar refractivity (Wildman–Crippen MR) is 34.6 cm³/mol. The summed E-state index contributed by atoms with van der Waals surface area (Å²) < 4.78 is 15.4. The summed E-state index contributed by atoms with van der Waals surface area (Å²) in [5.41, 5.74) is 0. The number of hydrogen-bond acceptors (Lipinski definition) is 3. The van der Waals surface area contributed by atoms with Gasteiger partial charge >= 0.3 is 0 Å². The van der Waals surface area contributed by atoms with E-state index in [4.69, 9.17) is 14.2 Å². The first kappa shape index (κ1) is 6.58. The molecular formula is C7H12O3. The molecule has 2 saturated heterocycles. The van der Waals surface area contributed by atoms with Crippen LogP contribution in [0.5, 0.6) is 0 Å². The summed E-state index contributed by atoms with van der Waals surface area (Å²) in [6.07, 6.45) is 1.90. The molecular weight excluding hydrogens is 132 g/mol. The molecule has 0 amide bonds. The van der Waals surface area contributed by atoms with Crippen LogP contribution in [0.3, 0.4) is 0 Å². The minimum atomic E-state index is 0.0822. The van der Waals surface area contributed by atoms with E-state index in [9.17, 15) is 0 Å². The molecule has 2 heterocycles. The fraction of sp³-hybridized carbons (Fsp3) is 1.00. The van der Waals surface area contributed by atoms with E-state index in [1.54, 1.807) is 0 Å². The Morgan fingerprint density at radius 3 is 2.80 bits per heavy atom. The molecule has 10 heavy (non-hydrogen) atoms. The molecule has 2 aliphatic rings. The summed E-state index contributed by atoms with van der Waals surface area (Å²) in [6, 6.07) is 0. The smallest absolute Gasteiger partial charge is 0.184 e. The van der Waals surface area contributed by atoms with Crippen LogP contribution in [0.1, 0.15) is 13.3 Å². The molecule has 3 unspecified atom stereocenters. The summed E-state index contributed by atoms with van der Waals surface area (Å²) in [5.74, 6) is 0. The van der Waals surface area contributed by atoms with Crippen LogP contribution in [0, 0.1) is 0 Å². The number of hydrogen-bond donors (Lipinski definition) is 0. The molecule has 0 aliphatic carbocycles. The summed E-state index contributed by atoms with van der Waals surface area (Å²) in [6.45, 7) is 3.71. The number of ether oxygens (including phenoxy) is 3. The standard InChI is InChI=1S/C7H12O3/c1-5-7(10-5)8-3-2-6-4-9-6/h5-7H,2-4H2,1H3. The van der Waals surface area contributed by atoms with E-state index in [0.717, 1.165) is 19.6 Å². The summed E-state index contributed by atoms with van der Waals surface area (Å²) in [4.78, 5) is 0. The second-order valence-electron chi connectivity index (χ2n) is 2.82. The van der Waals surface area contributed by atoms with Gasteiger partial charge in [0.2, 0.25) is 0 Å². The average molecular weight is 144 g/mol. The van der Waals surface area contributed by atoms with Crippen molar-refractivity contribution in [2.75, 3.05) is 13.2 Å². The summed E-state index contributed by atoms with van der Waals surface area (Å²) in [5, 5.41) is 0. The second-order valence-corrected chi connectivity index (χ2v) is 2.82. The highest BCUT2D eigenvalue weighted by Crippen LogP contribution is 2.23. The zero-order valence-corrected chi connectivity index (χ0v) is 6.08. The van der Waals surface area contributed by atoms with Crippen molar-refractivity contribution >= 4 is 0 Å². The van der Waals surface area contributed by atoms with Gasteiger partial charge in [-0.3, -0.25) is 0 Å². The third kappa shape index (κ3) is 1.68. The van der Waals surface area contributed by atoms with Gasteiger partial charge in [-0.1, -0.05) is 0 Å². The third-order valence-electron chi connectivity index (χ3n) is 1.78. The van der Waals surface area contributed by atoms with Crippen molar-refractivity contribution in [1.29, 1.82) is 0 Å². The molecule has 2 rings (SSSR count). The lowest BCUT2D eigenvalue weighted by atomic mass is 10.3. The molecule has 0 bridgehead atoms. The zero-order chi connectivity index (χ0) is 6.97.